The summed E-state index contributed by atoms with van der Waals surface area (Å²) in [6.45, 7) is 5.51. The lowest BCUT2D eigenvalue weighted by molar-refractivity contribution is 0.156. The molecular formula is C16H22N2O. The molecule has 2 aliphatic heterocycles. The number of benzene rings is 1. The van der Waals surface area contributed by atoms with Gasteiger partial charge in [-0.05, 0) is 36.0 Å². The summed E-state index contributed by atoms with van der Waals surface area (Å²) in [5.74, 6) is 2.00. The SMILES string of the molecule is c1cc2c(cc1[C@@H](C1CC1)N1CCNCC1)CCO2. The zero-order valence-electron chi connectivity index (χ0n) is 11.4. The maximum Gasteiger partial charge on any atom is 0.122 e. The van der Waals surface area contributed by atoms with E-state index in [1.807, 2.05) is 0 Å². The van der Waals surface area contributed by atoms with Crippen molar-refractivity contribution in [1.29, 1.82) is 0 Å². The highest BCUT2D eigenvalue weighted by atomic mass is 16.5. The molecule has 0 unspecified atom stereocenters. The van der Waals surface area contributed by atoms with Crippen molar-refractivity contribution in [2.24, 2.45) is 5.92 Å². The Morgan fingerprint density at radius 1 is 1.21 bits per heavy atom. The Bertz CT molecular complexity index is 464. The van der Waals surface area contributed by atoms with Crippen LogP contribution in [0.25, 0.3) is 0 Å². The van der Waals surface area contributed by atoms with Gasteiger partial charge in [-0.2, -0.15) is 0 Å². The Morgan fingerprint density at radius 3 is 2.84 bits per heavy atom. The minimum absolute atomic E-state index is 0.646. The molecular weight excluding hydrogens is 236 g/mol. The lowest BCUT2D eigenvalue weighted by atomic mass is 9.97. The van der Waals surface area contributed by atoms with Crippen LogP contribution in [0.4, 0.5) is 0 Å². The number of hydrogen-bond donors (Lipinski definition) is 1. The lowest BCUT2D eigenvalue weighted by Crippen LogP contribution is -2.45. The van der Waals surface area contributed by atoms with Crippen LogP contribution in [0.1, 0.15) is 30.0 Å². The Hall–Kier alpha value is -1.06. The van der Waals surface area contributed by atoms with E-state index in [9.17, 15) is 0 Å². The van der Waals surface area contributed by atoms with Gasteiger partial charge < -0.3 is 10.1 Å². The summed E-state index contributed by atoms with van der Waals surface area (Å²) >= 11 is 0. The number of nitrogens with zero attached hydrogens (tertiary/aromatic N) is 1. The van der Waals surface area contributed by atoms with E-state index in [0.717, 1.165) is 37.8 Å². The van der Waals surface area contributed by atoms with Gasteiger partial charge in [0.25, 0.3) is 0 Å². The Kier molecular flexibility index (Phi) is 2.97. The predicted octanol–water partition coefficient (Wildman–Crippen LogP) is 1.98. The highest BCUT2D eigenvalue weighted by molar-refractivity contribution is 5.41. The summed E-state index contributed by atoms with van der Waals surface area (Å²) in [6.07, 6.45) is 3.90. The van der Waals surface area contributed by atoms with Gasteiger partial charge in [0.2, 0.25) is 0 Å². The first-order valence-corrected chi connectivity index (χ1v) is 7.62. The van der Waals surface area contributed by atoms with E-state index in [1.54, 1.807) is 0 Å². The minimum atomic E-state index is 0.646. The van der Waals surface area contributed by atoms with Crippen molar-refractivity contribution in [2.45, 2.75) is 25.3 Å². The second-order valence-electron chi connectivity index (χ2n) is 6.03. The number of ether oxygens (including phenoxy) is 1. The normalized spacial score (nSPS) is 24.8. The maximum absolute atomic E-state index is 5.63. The lowest BCUT2D eigenvalue weighted by Gasteiger charge is -2.35. The van der Waals surface area contributed by atoms with Gasteiger partial charge in [0, 0.05) is 38.6 Å². The van der Waals surface area contributed by atoms with Gasteiger partial charge in [0.05, 0.1) is 6.61 Å². The molecule has 0 radical (unpaired) electrons. The molecule has 3 heteroatoms. The average Bonchev–Trinajstić information content (AvgIpc) is 3.17. The summed E-state index contributed by atoms with van der Waals surface area (Å²) in [7, 11) is 0. The second-order valence-corrected chi connectivity index (χ2v) is 6.03. The molecule has 0 spiro atoms. The maximum atomic E-state index is 5.63. The molecule has 0 bridgehead atoms. The standard InChI is InChI=1S/C16H22N2O/c1-2-12(1)16(18-8-6-17-7-9-18)14-3-4-15-13(11-14)5-10-19-15/h3-4,11-12,16-17H,1-2,5-10H2/t16-/m1/s1. The number of fused-ring (bicyclic) bond motifs is 1. The van der Waals surface area contributed by atoms with Crippen molar-refractivity contribution in [3.63, 3.8) is 0 Å². The van der Waals surface area contributed by atoms with Crippen LogP contribution in [0.2, 0.25) is 0 Å². The van der Waals surface area contributed by atoms with Crippen LogP contribution in [0.15, 0.2) is 18.2 Å². The molecule has 0 amide bonds. The van der Waals surface area contributed by atoms with Crippen LogP contribution >= 0.6 is 0 Å². The number of piperazine rings is 1. The molecule has 3 nitrogen and oxygen atoms in total. The smallest absolute Gasteiger partial charge is 0.122 e. The first kappa shape index (κ1) is 11.7. The van der Waals surface area contributed by atoms with E-state index in [0.29, 0.717) is 6.04 Å². The number of hydrogen-bond acceptors (Lipinski definition) is 3. The quantitative estimate of drug-likeness (QED) is 0.897. The van der Waals surface area contributed by atoms with Crippen LogP contribution in [0.5, 0.6) is 5.75 Å². The second kappa shape index (κ2) is 4.80. The molecule has 1 aromatic carbocycles. The summed E-state index contributed by atoms with van der Waals surface area (Å²) in [5, 5.41) is 3.46. The first-order chi connectivity index (χ1) is 9.42. The number of nitrogens with one attached hydrogen (secondary N) is 1. The van der Waals surface area contributed by atoms with Crippen LogP contribution in [-0.2, 0) is 6.42 Å². The zero-order chi connectivity index (χ0) is 12.7. The van der Waals surface area contributed by atoms with Gasteiger partial charge in [-0.25, -0.2) is 0 Å². The van der Waals surface area contributed by atoms with Gasteiger partial charge in [-0.1, -0.05) is 12.1 Å². The highest BCUT2D eigenvalue weighted by Crippen LogP contribution is 2.45. The van der Waals surface area contributed by atoms with Crippen LogP contribution in [-0.4, -0.2) is 37.7 Å². The van der Waals surface area contributed by atoms with E-state index < -0.39 is 0 Å². The third-order valence-corrected chi connectivity index (χ3v) is 4.67. The third kappa shape index (κ3) is 2.26. The molecule has 1 saturated heterocycles. The van der Waals surface area contributed by atoms with E-state index >= 15 is 0 Å². The Labute approximate surface area is 114 Å². The molecule has 1 saturated carbocycles. The summed E-state index contributed by atoms with van der Waals surface area (Å²) in [4.78, 5) is 2.69. The predicted molar refractivity (Wildman–Crippen MR) is 75.5 cm³/mol. The molecule has 19 heavy (non-hydrogen) atoms. The van der Waals surface area contributed by atoms with Crippen molar-refractivity contribution in [3.05, 3.63) is 29.3 Å². The van der Waals surface area contributed by atoms with Gasteiger partial charge in [0.15, 0.2) is 0 Å². The molecule has 1 N–H and O–H groups in total. The van der Waals surface area contributed by atoms with E-state index in [4.69, 9.17) is 4.74 Å². The molecule has 2 heterocycles. The minimum Gasteiger partial charge on any atom is -0.493 e. The fraction of sp³-hybridized carbons (Fsp3) is 0.625. The van der Waals surface area contributed by atoms with Crippen LogP contribution < -0.4 is 10.1 Å². The zero-order valence-corrected chi connectivity index (χ0v) is 11.4. The molecule has 3 aliphatic rings. The average molecular weight is 258 g/mol. The topological polar surface area (TPSA) is 24.5 Å². The van der Waals surface area contributed by atoms with E-state index in [-0.39, 0.29) is 0 Å². The monoisotopic (exact) mass is 258 g/mol. The van der Waals surface area contributed by atoms with Crippen LogP contribution in [0.3, 0.4) is 0 Å². The Balaban J connectivity index is 1.62. The largest absolute Gasteiger partial charge is 0.493 e. The molecule has 1 atom stereocenters. The van der Waals surface area contributed by atoms with Gasteiger partial charge >= 0.3 is 0 Å². The van der Waals surface area contributed by atoms with Crippen molar-refractivity contribution in [1.82, 2.24) is 10.2 Å². The van der Waals surface area contributed by atoms with Crippen LogP contribution in [0, 0.1) is 5.92 Å². The molecule has 1 aliphatic carbocycles. The van der Waals surface area contributed by atoms with E-state index in [1.165, 1.54) is 37.1 Å². The summed E-state index contributed by atoms with van der Waals surface area (Å²) in [5.41, 5.74) is 2.94. The third-order valence-electron chi connectivity index (χ3n) is 4.67. The summed E-state index contributed by atoms with van der Waals surface area (Å²) < 4.78 is 5.63. The van der Waals surface area contributed by atoms with Gasteiger partial charge in [-0.15, -0.1) is 0 Å². The fourth-order valence-electron chi connectivity index (χ4n) is 3.54. The molecule has 102 valence electrons. The molecule has 2 fully saturated rings. The molecule has 1 aromatic rings. The first-order valence-electron chi connectivity index (χ1n) is 7.62. The Morgan fingerprint density at radius 2 is 2.05 bits per heavy atom. The van der Waals surface area contributed by atoms with E-state index in [2.05, 4.69) is 28.4 Å². The molecule has 4 rings (SSSR count). The van der Waals surface area contributed by atoms with Crippen molar-refractivity contribution in [3.8, 4) is 5.75 Å². The van der Waals surface area contributed by atoms with Crippen molar-refractivity contribution >= 4 is 0 Å². The van der Waals surface area contributed by atoms with Crippen molar-refractivity contribution < 1.29 is 4.74 Å². The molecule has 0 aromatic heterocycles. The summed E-state index contributed by atoms with van der Waals surface area (Å²) in [6, 6.07) is 7.55. The fourth-order valence-corrected chi connectivity index (χ4v) is 3.54. The van der Waals surface area contributed by atoms with Gasteiger partial charge in [-0.3, -0.25) is 4.90 Å². The van der Waals surface area contributed by atoms with Crippen molar-refractivity contribution in [2.75, 3.05) is 32.8 Å². The highest BCUT2D eigenvalue weighted by Gasteiger charge is 2.37. The van der Waals surface area contributed by atoms with Gasteiger partial charge in [0.1, 0.15) is 5.75 Å². The number of rotatable bonds is 3.